The predicted molar refractivity (Wildman–Crippen MR) is 96.3 cm³/mol. The van der Waals surface area contributed by atoms with Gasteiger partial charge in [0, 0.05) is 24.1 Å². The highest BCUT2D eigenvalue weighted by atomic mass is 32.2. The maximum Gasteiger partial charge on any atom is 0.339 e. The van der Waals surface area contributed by atoms with Crippen LogP contribution in [0.3, 0.4) is 0 Å². The summed E-state index contributed by atoms with van der Waals surface area (Å²) in [4.78, 5) is 23.6. The molecule has 27 heavy (non-hydrogen) atoms. The highest BCUT2D eigenvalue weighted by Gasteiger charge is 2.20. The molecule has 0 amide bonds. The number of carbonyl (C=O) groups is 1. The third-order valence-electron chi connectivity index (χ3n) is 3.63. The largest absolute Gasteiger partial charge is 0.457 e. The molecule has 0 bridgehead atoms. The Labute approximate surface area is 158 Å². The van der Waals surface area contributed by atoms with Gasteiger partial charge >= 0.3 is 5.97 Å². The minimum atomic E-state index is -0.655. The summed E-state index contributed by atoms with van der Waals surface area (Å²) in [5.74, 6) is -0.655. The zero-order valence-corrected chi connectivity index (χ0v) is 15.3. The lowest BCUT2D eigenvalue weighted by Gasteiger charge is -2.09. The smallest absolute Gasteiger partial charge is 0.339 e. The summed E-state index contributed by atoms with van der Waals surface area (Å²) in [6.45, 7) is 2.01. The Morgan fingerprint density at radius 3 is 2.78 bits per heavy atom. The van der Waals surface area contributed by atoms with Crippen LogP contribution in [-0.4, -0.2) is 31.1 Å². The monoisotopic (exact) mass is 385 g/mol. The molecule has 0 N–H and O–H groups in total. The summed E-state index contributed by atoms with van der Waals surface area (Å²) >= 11 is 1.12. The van der Waals surface area contributed by atoms with Crippen molar-refractivity contribution in [2.45, 2.75) is 23.6 Å². The van der Waals surface area contributed by atoms with Gasteiger partial charge in [-0.15, -0.1) is 5.10 Å². The van der Waals surface area contributed by atoms with Gasteiger partial charge in [-0.1, -0.05) is 29.8 Å². The van der Waals surface area contributed by atoms with Crippen molar-refractivity contribution in [3.63, 3.8) is 0 Å². The average molecular weight is 385 g/mol. The zero-order valence-electron chi connectivity index (χ0n) is 14.5. The van der Waals surface area contributed by atoms with Crippen LogP contribution in [0.4, 0.5) is 5.69 Å². The molecule has 9 nitrogen and oxygen atoms in total. The summed E-state index contributed by atoms with van der Waals surface area (Å²) in [6, 6.07) is 11.6. The molecule has 0 atom stereocenters. The van der Waals surface area contributed by atoms with Gasteiger partial charge in [0.2, 0.25) is 5.16 Å². The fourth-order valence-electron chi connectivity index (χ4n) is 2.31. The number of carbonyl (C=O) groups excluding carboxylic acids is 1. The number of non-ortho nitro benzene ring substituents is 1. The van der Waals surface area contributed by atoms with Crippen LogP contribution in [0.5, 0.6) is 0 Å². The second kappa shape index (κ2) is 7.96. The van der Waals surface area contributed by atoms with Gasteiger partial charge in [0.1, 0.15) is 6.61 Å². The van der Waals surface area contributed by atoms with E-state index in [-0.39, 0.29) is 17.9 Å². The molecular weight excluding hydrogens is 370 g/mol. The molecule has 3 aromatic rings. The third kappa shape index (κ3) is 4.47. The van der Waals surface area contributed by atoms with Gasteiger partial charge in [-0.3, -0.25) is 10.1 Å². The van der Waals surface area contributed by atoms with E-state index in [4.69, 9.17) is 4.74 Å². The summed E-state index contributed by atoms with van der Waals surface area (Å²) in [6.07, 6.45) is 0. The lowest BCUT2D eigenvalue weighted by molar-refractivity contribution is -0.384. The molecule has 2 aromatic carbocycles. The molecule has 0 aliphatic carbocycles. The van der Waals surface area contributed by atoms with E-state index >= 15 is 0 Å². The molecule has 0 fully saturated rings. The molecule has 138 valence electrons. The first-order valence-corrected chi connectivity index (χ1v) is 8.67. The van der Waals surface area contributed by atoms with Gasteiger partial charge < -0.3 is 4.74 Å². The average Bonchev–Trinajstić information content (AvgIpc) is 3.04. The van der Waals surface area contributed by atoms with E-state index < -0.39 is 10.9 Å². The van der Waals surface area contributed by atoms with Crippen molar-refractivity contribution < 1.29 is 14.5 Å². The van der Waals surface area contributed by atoms with Crippen molar-refractivity contribution in [1.82, 2.24) is 20.2 Å². The van der Waals surface area contributed by atoms with E-state index in [9.17, 15) is 14.9 Å². The highest BCUT2D eigenvalue weighted by Crippen LogP contribution is 2.31. The second-order valence-electron chi connectivity index (χ2n) is 5.69. The molecule has 1 aromatic heterocycles. The lowest BCUT2D eigenvalue weighted by Crippen LogP contribution is -2.08. The molecule has 0 radical (unpaired) electrons. The number of hydrogen-bond acceptors (Lipinski definition) is 8. The van der Waals surface area contributed by atoms with Gasteiger partial charge in [0.15, 0.2) is 0 Å². The van der Waals surface area contributed by atoms with Crippen molar-refractivity contribution in [2.24, 2.45) is 7.05 Å². The Bertz CT molecular complexity index is 1000. The third-order valence-corrected chi connectivity index (χ3v) is 4.73. The molecule has 0 spiro atoms. The quantitative estimate of drug-likeness (QED) is 0.361. The van der Waals surface area contributed by atoms with Crippen LogP contribution in [0.25, 0.3) is 0 Å². The van der Waals surface area contributed by atoms with E-state index in [1.807, 2.05) is 31.2 Å². The number of nitro benzene ring substituents is 1. The minimum Gasteiger partial charge on any atom is -0.457 e. The zero-order chi connectivity index (χ0) is 19.4. The van der Waals surface area contributed by atoms with Crippen molar-refractivity contribution in [2.75, 3.05) is 0 Å². The van der Waals surface area contributed by atoms with E-state index in [0.717, 1.165) is 22.9 Å². The van der Waals surface area contributed by atoms with E-state index in [1.165, 1.54) is 22.9 Å². The number of esters is 1. The Morgan fingerprint density at radius 2 is 2.11 bits per heavy atom. The standard InChI is InChI=1S/C17H15N5O4S/c1-11-4-3-5-12(8-11)10-26-16(23)14-9-13(22(24)25)6-7-15(14)27-17-18-19-20-21(17)2/h3-9H,10H2,1-2H3. The first-order valence-electron chi connectivity index (χ1n) is 7.85. The number of benzene rings is 2. The molecule has 1 heterocycles. The number of nitro groups is 1. The Hall–Kier alpha value is -3.27. The predicted octanol–water partition coefficient (Wildman–Crippen LogP) is 2.93. The first-order chi connectivity index (χ1) is 12.9. The molecule has 0 aliphatic rings. The fourth-order valence-corrected chi connectivity index (χ4v) is 3.15. The Morgan fingerprint density at radius 1 is 1.30 bits per heavy atom. The van der Waals surface area contributed by atoms with E-state index in [1.54, 1.807) is 7.05 Å². The van der Waals surface area contributed by atoms with Crippen LogP contribution >= 0.6 is 11.8 Å². The number of aromatic nitrogens is 4. The van der Waals surface area contributed by atoms with E-state index in [0.29, 0.717) is 10.1 Å². The second-order valence-corrected chi connectivity index (χ2v) is 6.70. The van der Waals surface area contributed by atoms with Crippen LogP contribution in [0.15, 0.2) is 52.5 Å². The molecular formula is C17H15N5O4S. The first kappa shape index (κ1) is 18.5. The van der Waals surface area contributed by atoms with Gasteiger partial charge in [0.25, 0.3) is 5.69 Å². The molecule has 0 saturated heterocycles. The molecule has 0 saturated carbocycles. The Kier molecular flexibility index (Phi) is 5.46. The number of aryl methyl sites for hydroxylation is 2. The molecule has 10 heteroatoms. The number of tetrazole rings is 1. The van der Waals surface area contributed by atoms with Gasteiger partial charge in [0.05, 0.1) is 10.5 Å². The van der Waals surface area contributed by atoms with Crippen molar-refractivity contribution >= 4 is 23.4 Å². The number of ether oxygens (including phenoxy) is 1. The van der Waals surface area contributed by atoms with Gasteiger partial charge in [-0.25, -0.2) is 9.48 Å². The van der Waals surface area contributed by atoms with Gasteiger partial charge in [-0.2, -0.15) is 0 Å². The maximum atomic E-state index is 12.6. The topological polar surface area (TPSA) is 113 Å². The summed E-state index contributed by atoms with van der Waals surface area (Å²) in [5.41, 5.74) is 1.77. The summed E-state index contributed by atoms with van der Waals surface area (Å²) < 4.78 is 6.80. The molecule has 0 unspecified atom stereocenters. The van der Waals surface area contributed by atoms with Crippen LogP contribution in [0, 0.1) is 17.0 Å². The lowest BCUT2D eigenvalue weighted by atomic mass is 10.1. The SMILES string of the molecule is Cc1cccc(COC(=O)c2cc([N+](=O)[O-])ccc2Sc2nnnn2C)c1. The van der Waals surface area contributed by atoms with Gasteiger partial charge in [-0.05, 0) is 40.7 Å². The normalized spacial score (nSPS) is 10.6. The van der Waals surface area contributed by atoms with Crippen LogP contribution in [-0.2, 0) is 18.4 Å². The fraction of sp³-hybridized carbons (Fsp3) is 0.176. The highest BCUT2D eigenvalue weighted by molar-refractivity contribution is 7.99. The molecule has 0 aliphatic heterocycles. The number of nitrogens with zero attached hydrogens (tertiary/aromatic N) is 5. The number of hydrogen-bond donors (Lipinski definition) is 0. The van der Waals surface area contributed by atoms with Crippen LogP contribution < -0.4 is 0 Å². The Balaban J connectivity index is 1.86. The van der Waals surface area contributed by atoms with Crippen LogP contribution in [0.2, 0.25) is 0 Å². The summed E-state index contributed by atoms with van der Waals surface area (Å²) in [5, 5.41) is 22.6. The maximum absolute atomic E-state index is 12.6. The number of rotatable bonds is 6. The molecule has 3 rings (SSSR count). The minimum absolute atomic E-state index is 0.0683. The summed E-state index contributed by atoms with van der Waals surface area (Å²) in [7, 11) is 1.66. The van der Waals surface area contributed by atoms with Crippen LogP contribution in [0.1, 0.15) is 21.5 Å². The van der Waals surface area contributed by atoms with Crippen molar-refractivity contribution in [1.29, 1.82) is 0 Å². The van der Waals surface area contributed by atoms with E-state index in [2.05, 4.69) is 15.5 Å². The van der Waals surface area contributed by atoms with Crippen molar-refractivity contribution in [3.05, 3.63) is 69.3 Å². The van der Waals surface area contributed by atoms with Crippen molar-refractivity contribution in [3.8, 4) is 0 Å².